The molecule has 1 amide bonds. The average molecular weight is 268 g/mol. The monoisotopic (exact) mass is 267 g/mol. The molecule has 1 saturated heterocycles. The van der Waals surface area contributed by atoms with Crippen LogP contribution in [0.25, 0.3) is 0 Å². The highest BCUT2D eigenvalue weighted by molar-refractivity contribution is 6.29. The van der Waals surface area contributed by atoms with E-state index in [1.165, 1.54) is 25.2 Å². The number of nitrogens with zero attached hydrogens (tertiary/aromatic N) is 3. The van der Waals surface area contributed by atoms with Crippen molar-refractivity contribution in [1.82, 2.24) is 14.9 Å². The van der Waals surface area contributed by atoms with Gasteiger partial charge in [0.05, 0.1) is 12.4 Å². The van der Waals surface area contributed by atoms with E-state index >= 15 is 0 Å². The van der Waals surface area contributed by atoms with Gasteiger partial charge in [0.1, 0.15) is 10.8 Å². The molecule has 1 aromatic heterocycles. The van der Waals surface area contributed by atoms with Crippen molar-refractivity contribution in [2.45, 2.75) is 32.6 Å². The third kappa shape index (κ3) is 3.19. The third-order valence-corrected chi connectivity index (χ3v) is 3.61. The normalized spacial score (nSPS) is 16.9. The Kier molecular flexibility index (Phi) is 4.53. The molecular formula is C13H18ClN3O. The fraction of sp³-hybridized carbons (Fsp3) is 0.615. The minimum Gasteiger partial charge on any atom is -0.337 e. The molecule has 0 aromatic carbocycles. The molecule has 4 nitrogen and oxygen atoms in total. The Morgan fingerprint density at radius 1 is 1.44 bits per heavy atom. The van der Waals surface area contributed by atoms with Crippen molar-refractivity contribution in [2.75, 3.05) is 13.1 Å². The number of rotatable bonds is 3. The molecule has 2 heterocycles. The fourth-order valence-electron chi connectivity index (χ4n) is 2.44. The van der Waals surface area contributed by atoms with E-state index < -0.39 is 0 Å². The van der Waals surface area contributed by atoms with Crippen molar-refractivity contribution in [3.63, 3.8) is 0 Å². The minimum absolute atomic E-state index is 0.0556. The number of halogens is 1. The molecule has 1 fully saturated rings. The molecule has 0 radical (unpaired) electrons. The van der Waals surface area contributed by atoms with Crippen LogP contribution >= 0.6 is 11.6 Å². The van der Waals surface area contributed by atoms with E-state index in [0.29, 0.717) is 5.69 Å². The Hall–Kier alpha value is -1.16. The summed E-state index contributed by atoms with van der Waals surface area (Å²) in [6, 6.07) is 0. The van der Waals surface area contributed by atoms with Crippen LogP contribution in [0, 0.1) is 5.92 Å². The van der Waals surface area contributed by atoms with Gasteiger partial charge in [0, 0.05) is 13.1 Å². The molecular weight excluding hydrogens is 250 g/mol. The number of likely N-dealkylation sites (tertiary alicyclic amines) is 1. The first-order valence-corrected chi connectivity index (χ1v) is 6.85. The SMILES string of the molecule is CCCC1CCN(C(=O)c2cncc(Cl)n2)CC1. The van der Waals surface area contributed by atoms with Crippen LogP contribution in [0.2, 0.25) is 5.15 Å². The number of hydrogen-bond acceptors (Lipinski definition) is 3. The van der Waals surface area contributed by atoms with Crippen LogP contribution in [-0.4, -0.2) is 33.9 Å². The zero-order valence-corrected chi connectivity index (χ0v) is 11.4. The van der Waals surface area contributed by atoms with Crippen LogP contribution in [0.15, 0.2) is 12.4 Å². The van der Waals surface area contributed by atoms with Crippen LogP contribution in [0.4, 0.5) is 0 Å². The Morgan fingerprint density at radius 3 is 2.78 bits per heavy atom. The number of carbonyl (C=O) groups is 1. The largest absolute Gasteiger partial charge is 0.337 e. The van der Waals surface area contributed by atoms with E-state index in [1.54, 1.807) is 0 Å². The summed E-state index contributed by atoms with van der Waals surface area (Å²) in [6.07, 6.45) is 7.58. The lowest BCUT2D eigenvalue weighted by Crippen LogP contribution is -2.38. The van der Waals surface area contributed by atoms with Gasteiger partial charge in [-0.15, -0.1) is 0 Å². The predicted octanol–water partition coefficient (Wildman–Crippen LogP) is 2.78. The Balaban J connectivity index is 1.95. The van der Waals surface area contributed by atoms with E-state index in [4.69, 9.17) is 11.6 Å². The number of hydrogen-bond donors (Lipinski definition) is 0. The lowest BCUT2D eigenvalue weighted by molar-refractivity contribution is 0.0680. The van der Waals surface area contributed by atoms with Gasteiger partial charge in [-0.1, -0.05) is 31.4 Å². The highest BCUT2D eigenvalue weighted by Crippen LogP contribution is 2.22. The average Bonchev–Trinajstić information content (AvgIpc) is 2.39. The molecule has 1 aliphatic heterocycles. The molecule has 1 aromatic rings. The molecule has 18 heavy (non-hydrogen) atoms. The van der Waals surface area contributed by atoms with Crippen molar-refractivity contribution in [1.29, 1.82) is 0 Å². The minimum atomic E-state index is -0.0556. The molecule has 2 rings (SSSR count). The quantitative estimate of drug-likeness (QED) is 0.846. The smallest absolute Gasteiger partial charge is 0.274 e. The molecule has 0 aliphatic carbocycles. The first kappa shape index (κ1) is 13.3. The Labute approximate surface area is 112 Å². The second-order valence-electron chi connectivity index (χ2n) is 4.75. The zero-order valence-electron chi connectivity index (χ0n) is 10.6. The summed E-state index contributed by atoms with van der Waals surface area (Å²) in [5.74, 6) is 0.712. The van der Waals surface area contributed by atoms with E-state index in [1.807, 2.05) is 4.90 Å². The van der Waals surface area contributed by atoms with Gasteiger partial charge >= 0.3 is 0 Å². The van der Waals surface area contributed by atoms with Crippen molar-refractivity contribution >= 4 is 17.5 Å². The first-order chi connectivity index (χ1) is 8.70. The molecule has 0 atom stereocenters. The zero-order chi connectivity index (χ0) is 13.0. The second-order valence-corrected chi connectivity index (χ2v) is 5.14. The second kappa shape index (κ2) is 6.14. The highest BCUT2D eigenvalue weighted by atomic mass is 35.5. The van der Waals surface area contributed by atoms with Crippen LogP contribution < -0.4 is 0 Å². The Morgan fingerprint density at radius 2 is 2.17 bits per heavy atom. The van der Waals surface area contributed by atoms with E-state index in [-0.39, 0.29) is 11.1 Å². The van der Waals surface area contributed by atoms with Crippen LogP contribution in [-0.2, 0) is 0 Å². The van der Waals surface area contributed by atoms with Crippen molar-refractivity contribution in [3.05, 3.63) is 23.2 Å². The molecule has 0 spiro atoms. The van der Waals surface area contributed by atoms with Crippen molar-refractivity contribution in [2.24, 2.45) is 5.92 Å². The summed E-state index contributed by atoms with van der Waals surface area (Å²) < 4.78 is 0. The van der Waals surface area contributed by atoms with Crippen LogP contribution in [0.1, 0.15) is 43.1 Å². The van der Waals surface area contributed by atoms with E-state index in [9.17, 15) is 4.79 Å². The first-order valence-electron chi connectivity index (χ1n) is 6.47. The molecule has 1 aliphatic rings. The van der Waals surface area contributed by atoms with Gasteiger partial charge in [0.2, 0.25) is 0 Å². The number of carbonyl (C=O) groups excluding carboxylic acids is 1. The molecule has 0 saturated carbocycles. The number of aromatic nitrogens is 2. The number of piperidine rings is 1. The summed E-state index contributed by atoms with van der Waals surface area (Å²) in [5.41, 5.74) is 0.344. The maximum atomic E-state index is 12.2. The lowest BCUT2D eigenvalue weighted by atomic mass is 9.92. The topological polar surface area (TPSA) is 46.1 Å². The maximum Gasteiger partial charge on any atom is 0.274 e. The van der Waals surface area contributed by atoms with Gasteiger partial charge in [0.25, 0.3) is 5.91 Å². The third-order valence-electron chi connectivity index (χ3n) is 3.42. The fourth-order valence-corrected chi connectivity index (χ4v) is 2.59. The summed E-state index contributed by atoms with van der Waals surface area (Å²) in [4.78, 5) is 22.0. The predicted molar refractivity (Wildman–Crippen MR) is 70.6 cm³/mol. The summed E-state index contributed by atoms with van der Waals surface area (Å²) in [6.45, 7) is 3.84. The van der Waals surface area contributed by atoms with E-state index in [2.05, 4.69) is 16.9 Å². The Bertz CT molecular complexity index is 416. The summed E-state index contributed by atoms with van der Waals surface area (Å²) in [7, 11) is 0. The van der Waals surface area contributed by atoms with Gasteiger partial charge in [0.15, 0.2) is 0 Å². The number of amides is 1. The highest BCUT2D eigenvalue weighted by Gasteiger charge is 2.24. The van der Waals surface area contributed by atoms with Gasteiger partial charge in [-0.2, -0.15) is 0 Å². The molecule has 0 unspecified atom stereocenters. The maximum absolute atomic E-state index is 12.2. The van der Waals surface area contributed by atoms with Gasteiger partial charge < -0.3 is 4.90 Å². The van der Waals surface area contributed by atoms with Gasteiger partial charge in [-0.05, 0) is 18.8 Å². The molecule has 5 heteroatoms. The lowest BCUT2D eigenvalue weighted by Gasteiger charge is -2.31. The summed E-state index contributed by atoms with van der Waals surface area (Å²) >= 11 is 5.75. The van der Waals surface area contributed by atoms with Crippen LogP contribution in [0.5, 0.6) is 0 Å². The van der Waals surface area contributed by atoms with Crippen molar-refractivity contribution in [3.8, 4) is 0 Å². The van der Waals surface area contributed by atoms with Crippen molar-refractivity contribution < 1.29 is 4.79 Å². The van der Waals surface area contributed by atoms with E-state index in [0.717, 1.165) is 31.8 Å². The van der Waals surface area contributed by atoms with Gasteiger partial charge in [-0.3, -0.25) is 9.78 Å². The molecule has 0 bridgehead atoms. The van der Waals surface area contributed by atoms with Crippen LogP contribution in [0.3, 0.4) is 0 Å². The standard InChI is InChI=1S/C13H18ClN3O/c1-2-3-10-4-6-17(7-5-10)13(18)11-8-15-9-12(14)16-11/h8-10H,2-7H2,1H3. The molecule has 0 N–H and O–H groups in total. The summed E-state index contributed by atoms with van der Waals surface area (Å²) in [5, 5.41) is 0.265. The molecule has 98 valence electrons. The van der Waals surface area contributed by atoms with Gasteiger partial charge in [-0.25, -0.2) is 4.98 Å².